The number of benzene rings is 1. The molecule has 13 heavy (non-hydrogen) atoms. The fourth-order valence-electron chi connectivity index (χ4n) is 1.23. The van der Waals surface area contributed by atoms with Gasteiger partial charge < -0.3 is 10.8 Å². The van der Waals surface area contributed by atoms with Crippen LogP contribution in [-0.2, 0) is 0 Å². The molecule has 0 aliphatic carbocycles. The Bertz CT molecular complexity index is 299. The summed E-state index contributed by atoms with van der Waals surface area (Å²) in [7, 11) is 0. The third-order valence-corrected chi connectivity index (χ3v) is 2.12. The fraction of sp³-hybridized carbons (Fsp3) is 0.400. The maximum Gasteiger partial charge on any atom is 0.123 e. The van der Waals surface area contributed by atoms with E-state index in [1.165, 1.54) is 12.1 Å². The van der Waals surface area contributed by atoms with E-state index < -0.39 is 12.1 Å². The molecule has 0 spiro atoms. The molecule has 0 saturated carbocycles. The first-order chi connectivity index (χ1) is 6.02. The molecular weight excluding hydrogens is 169 g/mol. The monoisotopic (exact) mass is 183 g/mol. The molecular formula is C10H14FNO. The molecule has 0 radical (unpaired) electrons. The average Bonchev–Trinajstić information content (AvgIpc) is 2.08. The van der Waals surface area contributed by atoms with Crippen LogP contribution in [0.2, 0.25) is 0 Å². The Labute approximate surface area is 77.2 Å². The van der Waals surface area contributed by atoms with Crippen molar-refractivity contribution in [2.45, 2.75) is 26.0 Å². The number of aliphatic hydroxyl groups excluding tert-OH is 1. The normalized spacial score (nSPS) is 15.5. The quantitative estimate of drug-likeness (QED) is 0.730. The van der Waals surface area contributed by atoms with Gasteiger partial charge in [-0.2, -0.15) is 0 Å². The van der Waals surface area contributed by atoms with Gasteiger partial charge in [0.1, 0.15) is 5.82 Å². The van der Waals surface area contributed by atoms with Gasteiger partial charge in [-0.1, -0.05) is 6.07 Å². The van der Waals surface area contributed by atoms with Crippen LogP contribution in [-0.4, -0.2) is 11.2 Å². The number of rotatable bonds is 2. The van der Waals surface area contributed by atoms with Gasteiger partial charge in [-0.05, 0) is 37.1 Å². The van der Waals surface area contributed by atoms with Crippen molar-refractivity contribution in [3.63, 3.8) is 0 Å². The zero-order valence-electron chi connectivity index (χ0n) is 7.79. The van der Waals surface area contributed by atoms with Crippen molar-refractivity contribution in [2.75, 3.05) is 0 Å². The topological polar surface area (TPSA) is 46.2 Å². The summed E-state index contributed by atoms with van der Waals surface area (Å²) in [6, 6.07) is 3.89. The van der Waals surface area contributed by atoms with Gasteiger partial charge in [0.25, 0.3) is 0 Å². The van der Waals surface area contributed by atoms with Gasteiger partial charge in [-0.25, -0.2) is 4.39 Å². The molecule has 0 saturated heterocycles. The maximum absolute atomic E-state index is 12.8. The van der Waals surface area contributed by atoms with Crippen LogP contribution in [0, 0.1) is 12.7 Å². The summed E-state index contributed by atoms with van der Waals surface area (Å²) in [6.45, 7) is 3.44. The minimum Gasteiger partial charge on any atom is -0.391 e. The molecule has 0 bridgehead atoms. The molecule has 2 nitrogen and oxygen atoms in total. The predicted molar refractivity (Wildman–Crippen MR) is 49.7 cm³/mol. The van der Waals surface area contributed by atoms with Crippen LogP contribution in [0.15, 0.2) is 18.2 Å². The molecule has 0 fully saturated rings. The van der Waals surface area contributed by atoms with E-state index in [2.05, 4.69) is 0 Å². The minimum atomic E-state index is -0.666. The Morgan fingerprint density at radius 1 is 1.46 bits per heavy atom. The second-order valence-corrected chi connectivity index (χ2v) is 3.27. The highest BCUT2D eigenvalue weighted by Gasteiger charge is 2.14. The van der Waals surface area contributed by atoms with E-state index in [1.807, 2.05) is 6.92 Å². The van der Waals surface area contributed by atoms with Gasteiger partial charge in [0.05, 0.1) is 12.1 Å². The van der Waals surface area contributed by atoms with E-state index in [-0.39, 0.29) is 5.82 Å². The molecule has 1 rings (SSSR count). The van der Waals surface area contributed by atoms with E-state index in [1.54, 1.807) is 13.0 Å². The number of aliphatic hydroxyl groups is 1. The first kappa shape index (κ1) is 10.2. The summed E-state index contributed by atoms with van der Waals surface area (Å²) in [5, 5.41) is 9.24. The van der Waals surface area contributed by atoms with E-state index in [9.17, 15) is 9.50 Å². The van der Waals surface area contributed by atoms with Gasteiger partial charge in [0, 0.05) is 0 Å². The van der Waals surface area contributed by atoms with E-state index >= 15 is 0 Å². The van der Waals surface area contributed by atoms with Crippen LogP contribution in [0.25, 0.3) is 0 Å². The van der Waals surface area contributed by atoms with Crippen LogP contribution < -0.4 is 5.73 Å². The molecule has 3 heteroatoms. The Kier molecular flexibility index (Phi) is 3.01. The molecule has 3 N–H and O–H groups in total. The van der Waals surface area contributed by atoms with Crippen LogP contribution in [0.3, 0.4) is 0 Å². The van der Waals surface area contributed by atoms with Gasteiger partial charge in [-0.3, -0.25) is 0 Å². The SMILES string of the molecule is Cc1ccc(F)cc1[C@@H](N)[C@@H](C)O. The maximum atomic E-state index is 12.8. The largest absolute Gasteiger partial charge is 0.391 e. The summed E-state index contributed by atoms with van der Waals surface area (Å²) in [4.78, 5) is 0. The lowest BCUT2D eigenvalue weighted by Crippen LogP contribution is -2.24. The molecule has 0 aromatic heterocycles. The smallest absolute Gasteiger partial charge is 0.123 e. The van der Waals surface area contributed by atoms with Crippen molar-refractivity contribution in [1.82, 2.24) is 0 Å². The molecule has 0 aliphatic rings. The average molecular weight is 183 g/mol. The molecule has 0 heterocycles. The Morgan fingerprint density at radius 2 is 2.08 bits per heavy atom. The Morgan fingerprint density at radius 3 is 2.62 bits per heavy atom. The molecule has 72 valence electrons. The number of hydrogen-bond acceptors (Lipinski definition) is 2. The summed E-state index contributed by atoms with van der Waals surface area (Å²) in [6.07, 6.45) is -0.666. The fourth-order valence-corrected chi connectivity index (χ4v) is 1.23. The Balaban J connectivity index is 3.05. The van der Waals surface area contributed by atoms with Gasteiger partial charge >= 0.3 is 0 Å². The highest BCUT2D eigenvalue weighted by molar-refractivity contribution is 5.29. The van der Waals surface area contributed by atoms with Crippen molar-refractivity contribution in [3.05, 3.63) is 35.1 Å². The molecule has 0 unspecified atom stereocenters. The molecule has 1 aromatic carbocycles. The number of halogens is 1. The number of aryl methyl sites for hydroxylation is 1. The third-order valence-electron chi connectivity index (χ3n) is 2.12. The first-order valence-electron chi connectivity index (χ1n) is 4.22. The first-order valence-corrected chi connectivity index (χ1v) is 4.22. The van der Waals surface area contributed by atoms with Crippen molar-refractivity contribution >= 4 is 0 Å². The van der Waals surface area contributed by atoms with Crippen LogP contribution in [0.4, 0.5) is 4.39 Å². The summed E-state index contributed by atoms with van der Waals surface area (Å²) in [5.74, 6) is -0.322. The third kappa shape index (κ3) is 2.26. The highest BCUT2D eigenvalue weighted by atomic mass is 19.1. The molecule has 1 aromatic rings. The van der Waals surface area contributed by atoms with Gasteiger partial charge in [0.2, 0.25) is 0 Å². The van der Waals surface area contributed by atoms with Crippen molar-refractivity contribution in [1.29, 1.82) is 0 Å². The highest BCUT2D eigenvalue weighted by Crippen LogP contribution is 2.19. The number of nitrogens with two attached hydrogens (primary N) is 1. The number of hydrogen-bond donors (Lipinski definition) is 2. The van der Waals surface area contributed by atoms with Crippen molar-refractivity contribution in [3.8, 4) is 0 Å². The van der Waals surface area contributed by atoms with E-state index in [0.29, 0.717) is 5.56 Å². The summed E-state index contributed by atoms with van der Waals surface area (Å²) in [5.41, 5.74) is 7.25. The van der Waals surface area contributed by atoms with Crippen molar-refractivity contribution in [2.24, 2.45) is 5.73 Å². The van der Waals surface area contributed by atoms with E-state index in [4.69, 9.17) is 5.73 Å². The van der Waals surface area contributed by atoms with Crippen LogP contribution in [0.1, 0.15) is 24.1 Å². The zero-order valence-corrected chi connectivity index (χ0v) is 7.79. The molecule has 0 amide bonds. The molecule has 2 atom stereocenters. The lowest BCUT2D eigenvalue weighted by atomic mass is 9.98. The standard InChI is InChI=1S/C10H14FNO/c1-6-3-4-8(11)5-9(6)10(12)7(2)13/h3-5,7,10,13H,12H2,1-2H3/t7-,10+/m1/s1. The lowest BCUT2D eigenvalue weighted by molar-refractivity contribution is 0.164. The minimum absolute atomic E-state index is 0.322. The van der Waals surface area contributed by atoms with Gasteiger partial charge in [0.15, 0.2) is 0 Å². The lowest BCUT2D eigenvalue weighted by Gasteiger charge is -2.17. The van der Waals surface area contributed by atoms with E-state index in [0.717, 1.165) is 5.56 Å². The summed E-state index contributed by atoms with van der Waals surface area (Å²) >= 11 is 0. The second kappa shape index (κ2) is 3.85. The molecule has 0 aliphatic heterocycles. The Hall–Kier alpha value is -0.930. The van der Waals surface area contributed by atoms with Crippen molar-refractivity contribution < 1.29 is 9.50 Å². The predicted octanol–water partition coefficient (Wildman–Crippen LogP) is 1.51. The summed E-state index contributed by atoms with van der Waals surface area (Å²) < 4.78 is 12.8. The zero-order chi connectivity index (χ0) is 10.0. The second-order valence-electron chi connectivity index (χ2n) is 3.27. The van der Waals surface area contributed by atoms with Crippen LogP contribution in [0.5, 0.6) is 0 Å². The van der Waals surface area contributed by atoms with Gasteiger partial charge in [-0.15, -0.1) is 0 Å². The van der Waals surface area contributed by atoms with Crippen LogP contribution >= 0.6 is 0 Å².